The zero-order valence-electron chi connectivity index (χ0n) is 15.0. The summed E-state index contributed by atoms with van der Waals surface area (Å²) < 4.78 is 12.2. The van der Waals surface area contributed by atoms with Crippen LogP contribution in [0.3, 0.4) is 0 Å². The molecular formula is C21H26O3. The summed E-state index contributed by atoms with van der Waals surface area (Å²) in [6.07, 6.45) is 3.31. The Balaban J connectivity index is 1.75. The van der Waals surface area contributed by atoms with Crippen LogP contribution in [0.25, 0.3) is 5.57 Å². The zero-order valence-corrected chi connectivity index (χ0v) is 15.0. The normalized spacial score (nSPS) is 30.1. The number of rotatable bonds is 2. The SMILES string of the molecule is C=C(c1ccc(C(C)(C)C)cc1)[C@H]1CO[C@@]2(C)C=CC(=O)C[C@H]2O1. The molecule has 3 nitrogen and oxygen atoms in total. The molecule has 1 aromatic rings. The highest BCUT2D eigenvalue weighted by atomic mass is 16.6. The Hall–Kier alpha value is -1.71. The number of carbonyl (C=O) groups is 1. The average molecular weight is 326 g/mol. The summed E-state index contributed by atoms with van der Waals surface area (Å²) in [5, 5.41) is 0. The number of allylic oxidation sites excluding steroid dienone is 1. The molecule has 3 rings (SSSR count). The molecule has 3 heteroatoms. The van der Waals surface area contributed by atoms with Gasteiger partial charge in [0.1, 0.15) is 11.7 Å². The van der Waals surface area contributed by atoms with E-state index < -0.39 is 5.60 Å². The molecule has 24 heavy (non-hydrogen) atoms. The summed E-state index contributed by atoms with van der Waals surface area (Å²) >= 11 is 0. The lowest BCUT2D eigenvalue weighted by atomic mass is 9.85. The second-order valence-corrected chi connectivity index (χ2v) is 7.96. The van der Waals surface area contributed by atoms with Crippen LogP contribution in [0, 0.1) is 0 Å². The first kappa shape index (κ1) is 17.1. The van der Waals surface area contributed by atoms with Gasteiger partial charge in [-0.25, -0.2) is 0 Å². The quantitative estimate of drug-likeness (QED) is 0.822. The van der Waals surface area contributed by atoms with Crippen LogP contribution < -0.4 is 0 Å². The summed E-state index contributed by atoms with van der Waals surface area (Å²) in [7, 11) is 0. The molecule has 1 aromatic carbocycles. The van der Waals surface area contributed by atoms with E-state index in [0.717, 1.165) is 11.1 Å². The van der Waals surface area contributed by atoms with E-state index in [2.05, 4.69) is 51.6 Å². The number of hydrogen-bond donors (Lipinski definition) is 0. The summed E-state index contributed by atoms with van der Waals surface area (Å²) in [4.78, 5) is 11.7. The number of ketones is 1. The van der Waals surface area contributed by atoms with Gasteiger partial charge in [0, 0.05) is 6.42 Å². The smallest absolute Gasteiger partial charge is 0.158 e. The minimum absolute atomic E-state index is 0.0851. The Morgan fingerprint density at radius 2 is 1.92 bits per heavy atom. The van der Waals surface area contributed by atoms with Crippen LogP contribution in [-0.2, 0) is 19.7 Å². The van der Waals surface area contributed by atoms with Gasteiger partial charge >= 0.3 is 0 Å². The van der Waals surface area contributed by atoms with Gasteiger partial charge in [-0.3, -0.25) is 4.79 Å². The molecule has 1 aliphatic carbocycles. The van der Waals surface area contributed by atoms with E-state index in [1.165, 1.54) is 5.56 Å². The fraction of sp³-hybridized carbons (Fsp3) is 0.476. The van der Waals surface area contributed by atoms with Crippen molar-refractivity contribution in [2.45, 2.75) is 57.3 Å². The number of fused-ring (bicyclic) bond motifs is 1. The van der Waals surface area contributed by atoms with Gasteiger partial charge in [-0.2, -0.15) is 0 Å². The first-order valence-corrected chi connectivity index (χ1v) is 8.50. The summed E-state index contributed by atoms with van der Waals surface area (Å²) in [5.74, 6) is 0.0851. The Bertz CT molecular complexity index is 678. The highest BCUT2D eigenvalue weighted by molar-refractivity contribution is 5.91. The van der Waals surface area contributed by atoms with Crippen molar-refractivity contribution >= 4 is 11.4 Å². The van der Waals surface area contributed by atoms with Crippen molar-refractivity contribution in [2.24, 2.45) is 0 Å². The predicted molar refractivity (Wildman–Crippen MR) is 96.0 cm³/mol. The van der Waals surface area contributed by atoms with Gasteiger partial charge in [0.25, 0.3) is 0 Å². The molecule has 1 aliphatic heterocycles. The molecule has 0 radical (unpaired) electrons. The zero-order chi connectivity index (χ0) is 17.5. The second kappa shape index (κ2) is 5.98. The van der Waals surface area contributed by atoms with Crippen LogP contribution in [0.15, 0.2) is 43.0 Å². The third kappa shape index (κ3) is 3.24. The number of hydrogen-bond acceptors (Lipinski definition) is 3. The van der Waals surface area contributed by atoms with E-state index in [0.29, 0.717) is 13.0 Å². The maximum Gasteiger partial charge on any atom is 0.158 e. The Kier molecular flexibility index (Phi) is 4.27. The highest BCUT2D eigenvalue weighted by Crippen LogP contribution is 2.36. The van der Waals surface area contributed by atoms with E-state index in [1.807, 2.05) is 13.0 Å². The summed E-state index contributed by atoms with van der Waals surface area (Å²) in [6.45, 7) is 13.2. The van der Waals surface area contributed by atoms with Crippen LogP contribution >= 0.6 is 0 Å². The van der Waals surface area contributed by atoms with Crippen LogP contribution in [0.1, 0.15) is 45.2 Å². The van der Waals surface area contributed by atoms with Gasteiger partial charge in [0.05, 0.1) is 12.7 Å². The molecule has 0 amide bonds. The molecule has 0 spiro atoms. The van der Waals surface area contributed by atoms with Crippen molar-refractivity contribution in [1.29, 1.82) is 0 Å². The minimum atomic E-state index is -0.513. The molecule has 1 heterocycles. The average Bonchev–Trinajstić information content (AvgIpc) is 2.54. The number of ether oxygens (including phenoxy) is 2. The van der Waals surface area contributed by atoms with E-state index >= 15 is 0 Å². The van der Waals surface area contributed by atoms with Gasteiger partial charge in [0.2, 0.25) is 0 Å². The van der Waals surface area contributed by atoms with Gasteiger partial charge in [-0.05, 0) is 41.2 Å². The molecule has 0 saturated carbocycles. The first-order valence-electron chi connectivity index (χ1n) is 8.50. The summed E-state index contributed by atoms with van der Waals surface area (Å²) in [5.41, 5.74) is 2.86. The van der Waals surface area contributed by atoms with Crippen molar-refractivity contribution in [1.82, 2.24) is 0 Å². The molecule has 0 N–H and O–H groups in total. The standard InChI is InChI=1S/C21H26O3/c1-14(15-6-8-16(9-7-15)20(2,3)4)18-13-23-21(5)11-10-17(22)12-19(21)24-18/h6-11,18-19H,1,12-13H2,2-5H3/t18-,19-,21+/m1/s1. The topological polar surface area (TPSA) is 35.5 Å². The number of benzene rings is 1. The lowest BCUT2D eigenvalue weighted by Gasteiger charge is -2.44. The van der Waals surface area contributed by atoms with E-state index in [9.17, 15) is 4.79 Å². The van der Waals surface area contributed by atoms with Crippen molar-refractivity contribution in [3.63, 3.8) is 0 Å². The second-order valence-electron chi connectivity index (χ2n) is 7.96. The molecule has 1 fully saturated rings. The van der Waals surface area contributed by atoms with Crippen LogP contribution in [0.2, 0.25) is 0 Å². The molecular weight excluding hydrogens is 300 g/mol. The van der Waals surface area contributed by atoms with E-state index in [4.69, 9.17) is 9.47 Å². The number of carbonyl (C=O) groups excluding carboxylic acids is 1. The minimum Gasteiger partial charge on any atom is -0.365 e. The Labute approximate surface area is 144 Å². The highest BCUT2D eigenvalue weighted by Gasteiger charge is 2.44. The van der Waals surface area contributed by atoms with Crippen LogP contribution in [0.5, 0.6) is 0 Å². The van der Waals surface area contributed by atoms with Crippen molar-refractivity contribution in [3.8, 4) is 0 Å². The van der Waals surface area contributed by atoms with Crippen LogP contribution in [-0.4, -0.2) is 30.2 Å². The first-order chi connectivity index (χ1) is 11.2. The molecule has 0 unspecified atom stereocenters. The van der Waals surface area contributed by atoms with Gasteiger partial charge in [0.15, 0.2) is 5.78 Å². The van der Waals surface area contributed by atoms with Crippen molar-refractivity contribution in [2.75, 3.05) is 6.61 Å². The fourth-order valence-electron chi connectivity index (χ4n) is 3.19. The van der Waals surface area contributed by atoms with Gasteiger partial charge < -0.3 is 9.47 Å². The van der Waals surface area contributed by atoms with Gasteiger partial charge in [-0.1, -0.05) is 51.6 Å². The van der Waals surface area contributed by atoms with Gasteiger partial charge in [-0.15, -0.1) is 0 Å². The molecule has 3 atom stereocenters. The Morgan fingerprint density at radius 3 is 2.54 bits per heavy atom. The lowest BCUT2D eigenvalue weighted by Crippen LogP contribution is -2.53. The van der Waals surface area contributed by atoms with Crippen LogP contribution in [0.4, 0.5) is 0 Å². The Morgan fingerprint density at radius 1 is 1.25 bits per heavy atom. The maximum atomic E-state index is 11.7. The molecule has 0 aromatic heterocycles. The molecule has 128 valence electrons. The molecule has 0 bridgehead atoms. The fourth-order valence-corrected chi connectivity index (χ4v) is 3.19. The van der Waals surface area contributed by atoms with E-state index in [-0.39, 0.29) is 23.4 Å². The van der Waals surface area contributed by atoms with Crippen molar-refractivity contribution < 1.29 is 14.3 Å². The molecule has 2 aliphatic rings. The lowest BCUT2D eigenvalue weighted by molar-refractivity contribution is -0.196. The third-order valence-corrected chi connectivity index (χ3v) is 5.01. The maximum absolute atomic E-state index is 11.7. The molecule has 1 saturated heterocycles. The monoisotopic (exact) mass is 326 g/mol. The largest absolute Gasteiger partial charge is 0.365 e. The third-order valence-electron chi connectivity index (χ3n) is 5.01. The van der Waals surface area contributed by atoms with E-state index in [1.54, 1.807) is 6.08 Å². The van der Waals surface area contributed by atoms with Crippen molar-refractivity contribution in [3.05, 3.63) is 54.1 Å². The predicted octanol–water partition coefficient (Wildman–Crippen LogP) is 4.07. The summed E-state index contributed by atoms with van der Waals surface area (Å²) in [6, 6.07) is 8.46.